The number of aryl methyl sites for hydroxylation is 1. The van der Waals surface area contributed by atoms with Crippen LogP contribution in [0.5, 0.6) is 17.2 Å². The fourth-order valence-corrected chi connectivity index (χ4v) is 5.94. The molecular formula is C32H36N4O9. The maximum atomic E-state index is 13.6. The molecule has 0 radical (unpaired) electrons. The predicted octanol–water partition coefficient (Wildman–Crippen LogP) is 2.06. The first kappa shape index (κ1) is 31.4. The number of carbonyl (C=O) groups is 4. The minimum absolute atomic E-state index is 0.0597. The summed E-state index contributed by atoms with van der Waals surface area (Å²) in [5, 5.41) is 13.8. The molecule has 0 aliphatic carbocycles. The summed E-state index contributed by atoms with van der Waals surface area (Å²) in [4.78, 5) is 52.1. The molecule has 13 nitrogen and oxygen atoms in total. The molecule has 3 aromatic rings. The van der Waals surface area contributed by atoms with E-state index in [2.05, 4.69) is 10.5 Å². The standard InChI is InChI=1S/C31H34N4O7.CH2O2/c1-19-13-23(42-33-19)16-29(36)34-9-8-32-30(37)25-18-35(31(38)22-4-5-26-21(14-22)7-11-40-26)17-24(25)20-3-6-27(39-2)28(15-20)41-12-10-34;2-1-3/h3-6,13-15,24-25H,7-12,16-18H2,1-2H3,(H,32,37);1H,(H,2,3)/t24-,25+;/m1./s1. The topological polar surface area (TPSA) is 161 Å². The first-order valence-electron chi connectivity index (χ1n) is 14.7. The molecule has 238 valence electrons. The number of hydrogen-bond donors (Lipinski definition) is 2. The van der Waals surface area contributed by atoms with Gasteiger partial charge in [0.15, 0.2) is 11.5 Å². The average Bonchev–Trinajstić information content (AvgIpc) is 3.79. The predicted molar refractivity (Wildman–Crippen MR) is 159 cm³/mol. The molecule has 2 bridgehead atoms. The second-order valence-electron chi connectivity index (χ2n) is 11.0. The second-order valence-corrected chi connectivity index (χ2v) is 11.0. The van der Waals surface area contributed by atoms with E-state index in [0.717, 1.165) is 23.3 Å². The molecule has 0 spiro atoms. The maximum absolute atomic E-state index is 13.6. The van der Waals surface area contributed by atoms with Crippen LogP contribution in [0.25, 0.3) is 0 Å². The number of ether oxygens (including phenoxy) is 3. The molecule has 2 atom stereocenters. The van der Waals surface area contributed by atoms with E-state index in [1.807, 2.05) is 30.3 Å². The monoisotopic (exact) mass is 620 g/mol. The van der Waals surface area contributed by atoms with E-state index >= 15 is 0 Å². The van der Waals surface area contributed by atoms with Gasteiger partial charge in [-0.2, -0.15) is 0 Å². The van der Waals surface area contributed by atoms with E-state index in [9.17, 15) is 14.4 Å². The number of amides is 3. The molecule has 0 unspecified atom stereocenters. The summed E-state index contributed by atoms with van der Waals surface area (Å²) in [6.45, 7) is 3.94. The number of aromatic nitrogens is 1. The second kappa shape index (κ2) is 14.1. The number of fused-ring (bicyclic) bond motifs is 5. The van der Waals surface area contributed by atoms with E-state index in [1.54, 1.807) is 36.0 Å². The van der Waals surface area contributed by atoms with Gasteiger partial charge in [0.2, 0.25) is 11.8 Å². The maximum Gasteiger partial charge on any atom is 0.290 e. The van der Waals surface area contributed by atoms with Crippen LogP contribution < -0.4 is 19.5 Å². The van der Waals surface area contributed by atoms with Crippen molar-refractivity contribution in [3.8, 4) is 17.2 Å². The molecule has 2 aromatic carbocycles. The van der Waals surface area contributed by atoms with Crippen molar-refractivity contribution < 1.29 is 43.0 Å². The number of likely N-dealkylation sites (tertiary alicyclic amines) is 1. The van der Waals surface area contributed by atoms with Crippen molar-refractivity contribution in [3.63, 3.8) is 0 Å². The molecular weight excluding hydrogens is 584 g/mol. The Balaban J connectivity index is 0.00000128. The SMILES string of the molecule is COc1ccc2cc1OCCN(C(=O)Cc1cc(C)no1)CCNC(=O)[C@H]1CN(C(=O)c3ccc4c(c3)CCO4)C[C@H]21.O=CO. The molecule has 3 aliphatic rings. The van der Waals surface area contributed by atoms with E-state index < -0.39 is 5.92 Å². The van der Waals surface area contributed by atoms with Crippen molar-refractivity contribution in [2.24, 2.45) is 5.92 Å². The number of nitrogens with one attached hydrogen (secondary N) is 1. The molecule has 1 saturated heterocycles. The fourth-order valence-electron chi connectivity index (χ4n) is 5.94. The van der Waals surface area contributed by atoms with Crippen LogP contribution >= 0.6 is 0 Å². The van der Waals surface area contributed by atoms with Gasteiger partial charge in [-0.05, 0) is 48.4 Å². The van der Waals surface area contributed by atoms with Gasteiger partial charge in [0.25, 0.3) is 12.4 Å². The summed E-state index contributed by atoms with van der Waals surface area (Å²) >= 11 is 0. The number of carboxylic acid groups (broad SMARTS) is 1. The lowest BCUT2D eigenvalue weighted by molar-refractivity contribution is -0.132. The van der Waals surface area contributed by atoms with Gasteiger partial charge in [0.1, 0.15) is 18.1 Å². The van der Waals surface area contributed by atoms with Crippen molar-refractivity contribution in [1.29, 1.82) is 0 Å². The lowest BCUT2D eigenvalue weighted by atomic mass is 9.88. The smallest absolute Gasteiger partial charge is 0.290 e. The largest absolute Gasteiger partial charge is 0.493 e. The normalized spacial score (nSPS) is 19.1. The quantitative estimate of drug-likeness (QED) is 0.413. The molecule has 13 heteroatoms. The minimum atomic E-state index is -0.477. The highest BCUT2D eigenvalue weighted by molar-refractivity contribution is 5.95. The van der Waals surface area contributed by atoms with Gasteiger partial charge in [-0.15, -0.1) is 0 Å². The molecule has 3 aliphatic heterocycles. The highest BCUT2D eigenvalue weighted by Crippen LogP contribution is 2.38. The van der Waals surface area contributed by atoms with Crippen LogP contribution in [0.2, 0.25) is 0 Å². The summed E-state index contributed by atoms with van der Waals surface area (Å²) in [5.74, 6) is 1.22. The van der Waals surface area contributed by atoms with Crippen molar-refractivity contribution in [1.82, 2.24) is 20.3 Å². The van der Waals surface area contributed by atoms with Gasteiger partial charge >= 0.3 is 0 Å². The number of nitrogens with zero attached hydrogens (tertiary/aromatic N) is 3. The van der Waals surface area contributed by atoms with Crippen molar-refractivity contribution in [2.45, 2.75) is 25.7 Å². The summed E-state index contributed by atoms with van der Waals surface area (Å²) in [6, 6.07) is 12.9. The summed E-state index contributed by atoms with van der Waals surface area (Å²) in [6.07, 6.45) is 0.834. The minimum Gasteiger partial charge on any atom is -0.493 e. The number of carbonyl (C=O) groups excluding carboxylic acids is 3. The van der Waals surface area contributed by atoms with Crippen molar-refractivity contribution in [3.05, 3.63) is 70.6 Å². The summed E-state index contributed by atoms with van der Waals surface area (Å²) in [7, 11) is 1.57. The summed E-state index contributed by atoms with van der Waals surface area (Å²) < 4.78 is 22.5. The van der Waals surface area contributed by atoms with Gasteiger partial charge in [-0.3, -0.25) is 19.2 Å². The third-order valence-corrected chi connectivity index (χ3v) is 8.15. The Kier molecular flexibility index (Phi) is 9.86. The highest BCUT2D eigenvalue weighted by Gasteiger charge is 2.41. The Morgan fingerprint density at radius 3 is 2.58 bits per heavy atom. The summed E-state index contributed by atoms with van der Waals surface area (Å²) in [5.41, 5.74) is 3.20. The molecule has 6 rings (SSSR count). The molecule has 3 amide bonds. The molecule has 2 N–H and O–H groups in total. The number of rotatable bonds is 4. The average molecular weight is 621 g/mol. The zero-order valence-electron chi connectivity index (χ0n) is 25.2. The Morgan fingerprint density at radius 2 is 1.82 bits per heavy atom. The Morgan fingerprint density at radius 1 is 1.04 bits per heavy atom. The first-order chi connectivity index (χ1) is 21.8. The Hall–Kier alpha value is -5.07. The van der Waals surface area contributed by atoms with Crippen molar-refractivity contribution in [2.75, 3.05) is 53.0 Å². The van der Waals surface area contributed by atoms with Crippen LogP contribution in [-0.2, 0) is 27.2 Å². The van der Waals surface area contributed by atoms with E-state index in [0.29, 0.717) is 54.8 Å². The van der Waals surface area contributed by atoms with Crippen LogP contribution in [-0.4, -0.2) is 97.3 Å². The highest BCUT2D eigenvalue weighted by atomic mass is 16.5. The van der Waals surface area contributed by atoms with E-state index in [-0.39, 0.29) is 56.2 Å². The van der Waals surface area contributed by atoms with Crippen LogP contribution in [0.4, 0.5) is 0 Å². The third kappa shape index (κ3) is 7.19. The van der Waals surface area contributed by atoms with Crippen LogP contribution in [0.3, 0.4) is 0 Å². The Bertz CT molecular complexity index is 1560. The number of methoxy groups -OCH3 is 1. The van der Waals surface area contributed by atoms with Gasteiger partial charge in [-0.25, -0.2) is 0 Å². The molecule has 4 heterocycles. The van der Waals surface area contributed by atoms with Gasteiger partial charge in [0.05, 0.1) is 38.3 Å². The fraction of sp³-hybridized carbons (Fsp3) is 0.406. The first-order valence-corrected chi connectivity index (χ1v) is 14.7. The zero-order valence-corrected chi connectivity index (χ0v) is 25.2. The molecule has 45 heavy (non-hydrogen) atoms. The molecule has 0 saturated carbocycles. The van der Waals surface area contributed by atoms with Crippen molar-refractivity contribution >= 4 is 24.2 Å². The number of hydrogen-bond acceptors (Lipinski definition) is 9. The zero-order chi connectivity index (χ0) is 31.9. The van der Waals surface area contributed by atoms with E-state index in [4.69, 9.17) is 28.6 Å². The van der Waals surface area contributed by atoms with E-state index in [1.165, 1.54) is 0 Å². The van der Waals surface area contributed by atoms with Gasteiger partial charge in [-0.1, -0.05) is 11.2 Å². The lowest BCUT2D eigenvalue weighted by Gasteiger charge is -2.23. The molecule has 1 fully saturated rings. The number of benzene rings is 2. The third-order valence-electron chi connectivity index (χ3n) is 8.15. The van der Waals surface area contributed by atoms with Crippen LogP contribution in [0, 0.1) is 12.8 Å². The lowest BCUT2D eigenvalue weighted by Crippen LogP contribution is -2.43. The van der Waals surface area contributed by atoms with Crippen LogP contribution in [0.1, 0.15) is 38.9 Å². The van der Waals surface area contributed by atoms with Gasteiger partial charge in [0, 0.05) is 50.1 Å². The molecule has 1 aromatic heterocycles. The van der Waals surface area contributed by atoms with Crippen LogP contribution in [0.15, 0.2) is 47.0 Å². The Labute approximate surface area is 260 Å². The van der Waals surface area contributed by atoms with Gasteiger partial charge < -0.3 is 39.0 Å².